The van der Waals surface area contributed by atoms with Gasteiger partial charge in [0.05, 0.1) is 12.5 Å². The normalized spacial score (nSPS) is 10.4. The molecule has 0 bridgehead atoms. The lowest BCUT2D eigenvalue weighted by atomic mass is 10.0. The van der Waals surface area contributed by atoms with Gasteiger partial charge in [-0.2, -0.15) is 5.26 Å². The van der Waals surface area contributed by atoms with E-state index in [1.165, 1.54) is 21.2 Å². The fourth-order valence-corrected chi connectivity index (χ4v) is 2.81. The van der Waals surface area contributed by atoms with Crippen molar-refractivity contribution in [1.82, 2.24) is 0 Å². The number of hydrogen-bond acceptors (Lipinski definition) is 2. The van der Waals surface area contributed by atoms with Gasteiger partial charge in [-0.1, -0.05) is 6.07 Å². The third-order valence-corrected chi connectivity index (χ3v) is 3.63. The van der Waals surface area contributed by atoms with Gasteiger partial charge in [0.15, 0.2) is 0 Å². The lowest BCUT2D eigenvalue weighted by Gasteiger charge is -2.03. The Balaban J connectivity index is 2.74. The molecular formula is C12H11NS. The molecule has 1 aromatic heterocycles. The highest BCUT2D eigenvalue weighted by atomic mass is 32.1. The average Bonchev–Trinajstić information content (AvgIpc) is 2.54. The van der Waals surface area contributed by atoms with E-state index in [9.17, 15) is 0 Å². The standard InChI is InChI=1S/C12H11NS/c1-8-7-14-11-4-3-10(5-6-13)9(2)12(8)11/h3-4,7H,5H2,1-2H3. The van der Waals surface area contributed by atoms with E-state index < -0.39 is 0 Å². The summed E-state index contributed by atoms with van der Waals surface area (Å²) in [5.41, 5.74) is 3.74. The Kier molecular flexibility index (Phi) is 2.26. The van der Waals surface area contributed by atoms with Crippen molar-refractivity contribution in [3.8, 4) is 6.07 Å². The first kappa shape index (κ1) is 9.23. The van der Waals surface area contributed by atoms with Crippen LogP contribution in [-0.4, -0.2) is 0 Å². The maximum absolute atomic E-state index is 8.69. The van der Waals surface area contributed by atoms with Crippen LogP contribution in [0, 0.1) is 25.2 Å². The summed E-state index contributed by atoms with van der Waals surface area (Å²) < 4.78 is 1.32. The third-order valence-electron chi connectivity index (χ3n) is 2.57. The quantitative estimate of drug-likeness (QED) is 0.691. The molecule has 0 saturated carbocycles. The van der Waals surface area contributed by atoms with Gasteiger partial charge < -0.3 is 0 Å². The Morgan fingerprint density at radius 2 is 2.14 bits per heavy atom. The summed E-state index contributed by atoms with van der Waals surface area (Å²) in [6, 6.07) is 6.39. The fourth-order valence-electron chi connectivity index (χ4n) is 1.81. The molecule has 0 atom stereocenters. The first-order valence-electron chi connectivity index (χ1n) is 4.57. The molecule has 0 aliphatic carbocycles. The molecule has 2 aromatic rings. The average molecular weight is 201 g/mol. The summed E-state index contributed by atoms with van der Waals surface area (Å²) in [4.78, 5) is 0. The zero-order valence-electron chi connectivity index (χ0n) is 8.29. The van der Waals surface area contributed by atoms with Gasteiger partial charge in [-0.25, -0.2) is 0 Å². The summed E-state index contributed by atoms with van der Waals surface area (Å²) in [5.74, 6) is 0. The van der Waals surface area contributed by atoms with E-state index in [4.69, 9.17) is 5.26 Å². The molecular weight excluding hydrogens is 190 g/mol. The molecule has 0 radical (unpaired) electrons. The van der Waals surface area contributed by atoms with Crippen LogP contribution in [0.25, 0.3) is 10.1 Å². The van der Waals surface area contributed by atoms with Crippen LogP contribution in [0.2, 0.25) is 0 Å². The Morgan fingerprint density at radius 3 is 2.86 bits per heavy atom. The van der Waals surface area contributed by atoms with Crippen LogP contribution in [0.3, 0.4) is 0 Å². The molecule has 1 heterocycles. The highest BCUT2D eigenvalue weighted by molar-refractivity contribution is 7.17. The number of nitrogens with zero attached hydrogens (tertiary/aromatic N) is 1. The predicted octanol–water partition coefficient (Wildman–Crippen LogP) is 3.58. The second-order valence-electron chi connectivity index (χ2n) is 3.48. The monoisotopic (exact) mass is 201 g/mol. The first-order valence-corrected chi connectivity index (χ1v) is 5.45. The minimum absolute atomic E-state index is 0.511. The van der Waals surface area contributed by atoms with Crippen LogP contribution < -0.4 is 0 Å². The van der Waals surface area contributed by atoms with Gasteiger partial charge in [-0.05, 0) is 47.4 Å². The van der Waals surface area contributed by atoms with Gasteiger partial charge in [-0.15, -0.1) is 11.3 Å². The zero-order valence-corrected chi connectivity index (χ0v) is 9.11. The van der Waals surface area contributed by atoms with E-state index >= 15 is 0 Å². The van der Waals surface area contributed by atoms with Crippen LogP contribution in [-0.2, 0) is 6.42 Å². The smallest absolute Gasteiger partial charge is 0.0669 e. The Morgan fingerprint density at radius 1 is 1.36 bits per heavy atom. The maximum atomic E-state index is 8.69. The highest BCUT2D eigenvalue weighted by Crippen LogP contribution is 2.30. The molecule has 0 aliphatic rings. The van der Waals surface area contributed by atoms with Crippen LogP contribution in [0.4, 0.5) is 0 Å². The maximum Gasteiger partial charge on any atom is 0.0669 e. The molecule has 70 valence electrons. The number of benzene rings is 1. The Hall–Kier alpha value is -1.33. The van der Waals surface area contributed by atoms with Crippen molar-refractivity contribution in [2.24, 2.45) is 0 Å². The first-order chi connectivity index (χ1) is 6.74. The SMILES string of the molecule is Cc1csc2ccc(CC#N)c(C)c12. The second kappa shape index (κ2) is 3.43. The highest BCUT2D eigenvalue weighted by Gasteiger charge is 2.06. The molecule has 0 unspecified atom stereocenters. The van der Waals surface area contributed by atoms with E-state index in [1.807, 2.05) is 0 Å². The summed E-state index contributed by atoms with van der Waals surface area (Å²) in [7, 11) is 0. The number of nitriles is 1. The summed E-state index contributed by atoms with van der Waals surface area (Å²) in [6.07, 6.45) is 0.511. The lowest BCUT2D eigenvalue weighted by molar-refractivity contribution is 1.23. The van der Waals surface area contributed by atoms with Gasteiger partial charge in [0.1, 0.15) is 0 Å². The van der Waals surface area contributed by atoms with Crippen LogP contribution in [0.15, 0.2) is 17.5 Å². The van der Waals surface area contributed by atoms with Gasteiger partial charge >= 0.3 is 0 Å². The van der Waals surface area contributed by atoms with E-state index in [1.54, 1.807) is 11.3 Å². The largest absolute Gasteiger partial charge is 0.198 e. The van der Waals surface area contributed by atoms with Gasteiger partial charge in [-0.3, -0.25) is 0 Å². The van der Waals surface area contributed by atoms with E-state index in [-0.39, 0.29) is 0 Å². The van der Waals surface area contributed by atoms with Crippen molar-refractivity contribution < 1.29 is 0 Å². The Bertz CT molecular complexity index is 517. The molecule has 1 nitrogen and oxygen atoms in total. The summed E-state index contributed by atoms with van der Waals surface area (Å²) in [6.45, 7) is 4.23. The van der Waals surface area contributed by atoms with Crippen LogP contribution >= 0.6 is 11.3 Å². The van der Waals surface area contributed by atoms with Crippen molar-refractivity contribution in [1.29, 1.82) is 5.26 Å². The second-order valence-corrected chi connectivity index (χ2v) is 4.39. The van der Waals surface area contributed by atoms with Gasteiger partial charge in [0.25, 0.3) is 0 Å². The molecule has 0 spiro atoms. The number of thiophene rings is 1. The third kappa shape index (κ3) is 1.30. The molecule has 0 amide bonds. The minimum atomic E-state index is 0.511. The number of aryl methyl sites for hydroxylation is 2. The molecule has 14 heavy (non-hydrogen) atoms. The molecule has 1 aromatic carbocycles. The van der Waals surface area contributed by atoms with Crippen molar-refractivity contribution in [2.45, 2.75) is 20.3 Å². The van der Waals surface area contributed by atoms with Gasteiger partial charge in [0.2, 0.25) is 0 Å². The number of fused-ring (bicyclic) bond motifs is 1. The van der Waals surface area contributed by atoms with Crippen molar-refractivity contribution in [2.75, 3.05) is 0 Å². The lowest BCUT2D eigenvalue weighted by Crippen LogP contribution is -1.87. The van der Waals surface area contributed by atoms with E-state index in [2.05, 4.69) is 37.4 Å². The molecule has 0 saturated heterocycles. The van der Waals surface area contributed by atoms with Gasteiger partial charge in [0, 0.05) is 4.70 Å². The van der Waals surface area contributed by atoms with E-state index in [0.717, 1.165) is 5.56 Å². The molecule has 0 fully saturated rings. The predicted molar refractivity (Wildman–Crippen MR) is 60.6 cm³/mol. The van der Waals surface area contributed by atoms with Crippen LogP contribution in [0.5, 0.6) is 0 Å². The van der Waals surface area contributed by atoms with Crippen molar-refractivity contribution >= 4 is 21.4 Å². The number of rotatable bonds is 1. The van der Waals surface area contributed by atoms with Crippen LogP contribution in [0.1, 0.15) is 16.7 Å². The zero-order chi connectivity index (χ0) is 10.1. The minimum Gasteiger partial charge on any atom is -0.198 e. The molecule has 2 rings (SSSR count). The molecule has 0 N–H and O–H groups in total. The molecule has 2 heteroatoms. The number of hydrogen-bond donors (Lipinski definition) is 0. The fraction of sp³-hybridized carbons (Fsp3) is 0.250. The van der Waals surface area contributed by atoms with E-state index in [0.29, 0.717) is 6.42 Å². The Labute approximate surface area is 87.6 Å². The topological polar surface area (TPSA) is 23.8 Å². The summed E-state index contributed by atoms with van der Waals surface area (Å²) >= 11 is 1.77. The molecule has 0 aliphatic heterocycles. The summed E-state index contributed by atoms with van der Waals surface area (Å²) in [5, 5.41) is 12.2. The van der Waals surface area contributed by atoms with Crippen molar-refractivity contribution in [3.63, 3.8) is 0 Å². The van der Waals surface area contributed by atoms with Crippen molar-refractivity contribution in [3.05, 3.63) is 34.2 Å².